The quantitative estimate of drug-likeness (QED) is 0.829. The Morgan fingerprint density at radius 2 is 2.00 bits per heavy atom. The summed E-state index contributed by atoms with van der Waals surface area (Å²) in [6.07, 6.45) is 1.22. The molecule has 3 N–H and O–H groups in total. The van der Waals surface area contributed by atoms with Crippen molar-refractivity contribution in [3.05, 3.63) is 64.2 Å². The second-order valence-corrected chi connectivity index (χ2v) is 6.48. The number of carbonyl (C=O) groups is 2. The highest BCUT2D eigenvalue weighted by molar-refractivity contribution is 6.30. The first kappa shape index (κ1) is 17.3. The predicted octanol–water partition coefficient (Wildman–Crippen LogP) is 2.03. The summed E-state index contributed by atoms with van der Waals surface area (Å²) in [6, 6.07) is 12.2. The predicted molar refractivity (Wildman–Crippen MR) is 95.6 cm³/mol. The van der Waals surface area contributed by atoms with Crippen molar-refractivity contribution in [3.8, 4) is 5.75 Å². The molecule has 130 valence electrons. The van der Waals surface area contributed by atoms with Gasteiger partial charge < -0.3 is 15.8 Å². The van der Waals surface area contributed by atoms with Crippen molar-refractivity contribution in [1.29, 1.82) is 0 Å². The zero-order valence-corrected chi connectivity index (χ0v) is 14.4. The molecule has 2 aromatic carbocycles. The van der Waals surface area contributed by atoms with Crippen LogP contribution in [0.25, 0.3) is 0 Å². The molecule has 1 aliphatic heterocycles. The van der Waals surface area contributed by atoms with E-state index in [2.05, 4.69) is 5.32 Å². The number of fused-ring (bicyclic) bond motifs is 1. The molecule has 1 unspecified atom stereocenters. The molecule has 0 bridgehead atoms. The van der Waals surface area contributed by atoms with Gasteiger partial charge in [0.2, 0.25) is 11.8 Å². The fourth-order valence-electron chi connectivity index (χ4n) is 2.97. The lowest BCUT2D eigenvalue weighted by Gasteiger charge is -2.16. The molecule has 0 radical (unpaired) electrons. The molecule has 1 atom stereocenters. The van der Waals surface area contributed by atoms with Crippen molar-refractivity contribution in [2.45, 2.75) is 25.3 Å². The lowest BCUT2D eigenvalue weighted by molar-refractivity contribution is -0.127. The van der Waals surface area contributed by atoms with E-state index in [1.54, 1.807) is 6.07 Å². The zero-order chi connectivity index (χ0) is 17.8. The summed E-state index contributed by atoms with van der Waals surface area (Å²) in [5.74, 6) is -0.136. The average molecular weight is 359 g/mol. The first-order valence-electron chi connectivity index (χ1n) is 8.09. The molecule has 1 aliphatic rings. The molecular formula is C19H19ClN2O3. The van der Waals surface area contributed by atoms with Crippen LogP contribution in [0, 0.1) is 0 Å². The van der Waals surface area contributed by atoms with Crippen LogP contribution >= 0.6 is 11.6 Å². The molecule has 0 saturated carbocycles. The van der Waals surface area contributed by atoms with Gasteiger partial charge in [-0.25, -0.2) is 0 Å². The molecule has 25 heavy (non-hydrogen) atoms. The summed E-state index contributed by atoms with van der Waals surface area (Å²) in [4.78, 5) is 24.1. The zero-order valence-electron chi connectivity index (χ0n) is 13.6. The van der Waals surface area contributed by atoms with E-state index in [-0.39, 0.29) is 12.3 Å². The van der Waals surface area contributed by atoms with Gasteiger partial charge in [0.05, 0.1) is 13.0 Å². The van der Waals surface area contributed by atoms with Crippen LogP contribution in [0.4, 0.5) is 0 Å². The monoisotopic (exact) mass is 358 g/mol. The van der Waals surface area contributed by atoms with Crippen molar-refractivity contribution in [3.63, 3.8) is 0 Å². The van der Waals surface area contributed by atoms with Gasteiger partial charge in [-0.2, -0.15) is 0 Å². The van der Waals surface area contributed by atoms with E-state index < -0.39 is 11.9 Å². The number of benzene rings is 2. The van der Waals surface area contributed by atoms with Crippen LogP contribution in [0.15, 0.2) is 42.5 Å². The van der Waals surface area contributed by atoms with Crippen molar-refractivity contribution in [2.24, 2.45) is 5.73 Å². The Kier molecular flexibility index (Phi) is 5.24. The van der Waals surface area contributed by atoms with Crippen LogP contribution in [0.1, 0.15) is 16.7 Å². The Labute approximate surface area is 151 Å². The molecular weight excluding hydrogens is 340 g/mol. The van der Waals surface area contributed by atoms with Gasteiger partial charge in [0, 0.05) is 23.4 Å². The molecule has 2 amide bonds. The van der Waals surface area contributed by atoms with Gasteiger partial charge in [-0.1, -0.05) is 41.9 Å². The van der Waals surface area contributed by atoms with Crippen LogP contribution in [0.2, 0.25) is 5.02 Å². The highest BCUT2D eigenvalue weighted by atomic mass is 35.5. The van der Waals surface area contributed by atoms with Crippen molar-refractivity contribution < 1.29 is 14.3 Å². The van der Waals surface area contributed by atoms with E-state index in [0.29, 0.717) is 18.1 Å². The first-order chi connectivity index (χ1) is 12.0. The number of ether oxygens (including phenoxy) is 1. The van der Waals surface area contributed by atoms with Gasteiger partial charge in [-0.05, 0) is 23.3 Å². The van der Waals surface area contributed by atoms with Gasteiger partial charge >= 0.3 is 0 Å². The fraction of sp³-hybridized carbons (Fsp3) is 0.263. The van der Waals surface area contributed by atoms with Crippen LogP contribution in [0.3, 0.4) is 0 Å². The number of carbonyl (C=O) groups excluding carboxylic acids is 2. The van der Waals surface area contributed by atoms with Gasteiger partial charge in [0.25, 0.3) is 0 Å². The van der Waals surface area contributed by atoms with E-state index in [1.807, 2.05) is 36.4 Å². The molecule has 0 aromatic heterocycles. The molecule has 5 nitrogen and oxygen atoms in total. The maximum absolute atomic E-state index is 12.4. The lowest BCUT2D eigenvalue weighted by Crippen LogP contribution is -2.46. The lowest BCUT2D eigenvalue weighted by atomic mass is 10.0. The number of rotatable bonds is 6. The molecule has 6 heteroatoms. The highest BCUT2D eigenvalue weighted by Gasteiger charge is 2.22. The third-order valence-corrected chi connectivity index (χ3v) is 4.36. The molecule has 0 aliphatic carbocycles. The molecule has 0 saturated heterocycles. The minimum absolute atomic E-state index is 0.0848. The number of amides is 2. The second kappa shape index (κ2) is 7.57. The SMILES string of the molecule is NC(=O)C(Cc1ccccc1)NC(=O)Cc1cc(Cl)cc2c1OCC2. The van der Waals surface area contributed by atoms with Crippen LogP contribution in [0.5, 0.6) is 5.75 Å². The maximum atomic E-state index is 12.4. The number of halogens is 1. The van der Waals surface area contributed by atoms with Crippen molar-refractivity contribution in [1.82, 2.24) is 5.32 Å². The summed E-state index contributed by atoms with van der Waals surface area (Å²) in [5.41, 5.74) is 8.10. The van der Waals surface area contributed by atoms with E-state index in [1.165, 1.54) is 0 Å². The summed E-state index contributed by atoms with van der Waals surface area (Å²) in [6.45, 7) is 0.586. The van der Waals surface area contributed by atoms with Crippen molar-refractivity contribution >= 4 is 23.4 Å². The minimum atomic E-state index is -0.761. The van der Waals surface area contributed by atoms with Gasteiger partial charge in [0.1, 0.15) is 11.8 Å². The molecule has 3 rings (SSSR count). The van der Waals surface area contributed by atoms with Gasteiger partial charge in [-0.3, -0.25) is 9.59 Å². The Hall–Kier alpha value is -2.53. The van der Waals surface area contributed by atoms with Crippen LogP contribution in [-0.4, -0.2) is 24.5 Å². The number of hydrogen-bond acceptors (Lipinski definition) is 3. The Morgan fingerprint density at radius 3 is 2.72 bits per heavy atom. The van der Waals surface area contributed by atoms with Gasteiger partial charge in [0.15, 0.2) is 0 Å². The van der Waals surface area contributed by atoms with E-state index >= 15 is 0 Å². The van der Waals surface area contributed by atoms with Crippen molar-refractivity contribution in [2.75, 3.05) is 6.61 Å². The topological polar surface area (TPSA) is 81.4 Å². The van der Waals surface area contributed by atoms with Crippen LogP contribution in [-0.2, 0) is 28.9 Å². The summed E-state index contributed by atoms with van der Waals surface area (Å²) in [5, 5.41) is 3.28. The third kappa shape index (κ3) is 4.31. The first-order valence-corrected chi connectivity index (χ1v) is 8.47. The fourth-order valence-corrected chi connectivity index (χ4v) is 3.23. The smallest absolute Gasteiger partial charge is 0.240 e. The largest absolute Gasteiger partial charge is 0.493 e. The minimum Gasteiger partial charge on any atom is -0.493 e. The molecule has 0 fully saturated rings. The van der Waals surface area contributed by atoms with E-state index in [4.69, 9.17) is 22.1 Å². The Balaban J connectivity index is 1.69. The summed E-state index contributed by atoms with van der Waals surface area (Å²) >= 11 is 6.11. The number of primary amides is 1. The maximum Gasteiger partial charge on any atom is 0.240 e. The van der Waals surface area contributed by atoms with Gasteiger partial charge in [-0.15, -0.1) is 0 Å². The Bertz CT molecular complexity index is 793. The molecule has 1 heterocycles. The molecule has 2 aromatic rings. The number of hydrogen-bond donors (Lipinski definition) is 2. The Morgan fingerprint density at radius 1 is 1.24 bits per heavy atom. The summed E-state index contributed by atoms with van der Waals surface area (Å²) < 4.78 is 5.60. The number of nitrogens with two attached hydrogens (primary N) is 1. The average Bonchev–Trinajstić information content (AvgIpc) is 3.03. The number of nitrogens with one attached hydrogen (secondary N) is 1. The molecule has 0 spiro atoms. The van der Waals surface area contributed by atoms with E-state index in [0.717, 1.165) is 28.9 Å². The summed E-state index contributed by atoms with van der Waals surface area (Å²) in [7, 11) is 0. The van der Waals surface area contributed by atoms with E-state index in [9.17, 15) is 9.59 Å². The standard InChI is InChI=1S/C19H19ClN2O3/c20-15-9-13-6-7-25-18(13)14(10-15)11-17(23)22-16(19(21)24)8-12-4-2-1-3-5-12/h1-5,9-10,16H,6-8,11H2,(H2,21,24)(H,22,23). The third-order valence-electron chi connectivity index (χ3n) is 4.14. The normalized spacial score (nSPS) is 13.6. The van der Waals surface area contributed by atoms with Crippen LogP contribution < -0.4 is 15.8 Å². The second-order valence-electron chi connectivity index (χ2n) is 6.04. The highest BCUT2D eigenvalue weighted by Crippen LogP contribution is 2.33.